The molecule has 0 aliphatic carbocycles. The maximum atomic E-state index is 6.15. The summed E-state index contributed by atoms with van der Waals surface area (Å²) in [6, 6.07) is 4.17. The van der Waals surface area contributed by atoms with Gasteiger partial charge in [-0.3, -0.25) is 4.98 Å². The van der Waals surface area contributed by atoms with Gasteiger partial charge < -0.3 is 5.73 Å². The van der Waals surface area contributed by atoms with Gasteiger partial charge in [0.1, 0.15) is 0 Å². The molecule has 0 saturated carbocycles. The molecule has 2 heteroatoms. The van der Waals surface area contributed by atoms with Gasteiger partial charge in [-0.05, 0) is 37.8 Å². The Kier molecular flexibility index (Phi) is 5.79. The van der Waals surface area contributed by atoms with Crippen molar-refractivity contribution < 1.29 is 0 Å². The van der Waals surface area contributed by atoms with E-state index in [1.807, 2.05) is 25.3 Å². The van der Waals surface area contributed by atoms with Gasteiger partial charge in [0.2, 0.25) is 0 Å². The summed E-state index contributed by atoms with van der Waals surface area (Å²) in [5.74, 6) is 0. The Bertz CT molecular complexity index is 320. The van der Waals surface area contributed by atoms with Crippen LogP contribution in [0.3, 0.4) is 0 Å². The molecule has 1 heterocycles. The Morgan fingerprint density at radius 3 is 2.94 bits per heavy atom. The highest BCUT2D eigenvalue weighted by Gasteiger charge is 2.08. The monoisotopic (exact) mass is 218 g/mol. The van der Waals surface area contributed by atoms with Gasteiger partial charge >= 0.3 is 0 Å². The SMILES string of the molecule is C=CCCCCCC(N)c1cccnc1C. The lowest BCUT2D eigenvalue weighted by Gasteiger charge is -2.13. The van der Waals surface area contributed by atoms with Crippen molar-refractivity contribution in [3.63, 3.8) is 0 Å². The van der Waals surface area contributed by atoms with Gasteiger partial charge in [-0.1, -0.05) is 25.0 Å². The summed E-state index contributed by atoms with van der Waals surface area (Å²) in [5, 5.41) is 0. The highest BCUT2D eigenvalue weighted by atomic mass is 14.7. The molecule has 1 unspecified atom stereocenters. The predicted octanol–water partition coefficient (Wildman–Crippen LogP) is 3.53. The van der Waals surface area contributed by atoms with Crippen LogP contribution >= 0.6 is 0 Å². The lowest BCUT2D eigenvalue weighted by molar-refractivity contribution is 0.569. The summed E-state index contributed by atoms with van der Waals surface area (Å²) in [6.45, 7) is 5.74. The van der Waals surface area contributed by atoms with E-state index in [0.717, 1.165) is 18.5 Å². The molecule has 2 nitrogen and oxygen atoms in total. The molecule has 16 heavy (non-hydrogen) atoms. The number of unbranched alkanes of at least 4 members (excludes halogenated alkanes) is 3. The number of pyridine rings is 1. The van der Waals surface area contributed by atoms with Crippen molar-refractivity contribution in [2.75, 3.05) is 0 Å². The maximum Gasteiger partial charge on any atom is 0.0420 e. The van der Waals surface area contributed by atoms with Gasteiger partial charge in [-0.15, -0.1) is 6.58 Å². The third-order valence-electron chi connectivity index (χ3n) is 2.87. The van der Waals surface area contributed by atoms with Gasteiger partial charge in [0, 0.05) is 17.9 Å². The molecule has 1 aromatic heterocycles. The maximum absolute atomic E-state index is 6.15. The van der Waals surface area contributed by atoms with Crippen LogP contribution in [0.2, 0.25) is 0 Å². The van der Waals surface area contributed by atoms with E-state index >= 15 is 0 Å². The largest absolute Gasteiger partial charge is 0.324 e. The molecule has 0 amide bonds. The van der Waals surface area contributed by atoms with Crippen LogP contribution in [0.15, 0.2) is 31.0 Å². The molecule has 0 saturated heterocycles. The van der Waals surface area contributed by atoms with Crippen LogP contribution in [-0.2, 0) is 0 Å². The lowest BCUT2D eigenvalue weighted by Crippen LogP contribution is -2.12. The summed E-state index contributed by atoms with van der Waals surface area (Å²) in [5.41, 5.74) is 8.39. The van der Waals surface area contributed by atoms with Crippen LogP contribution in [0.4, 0.5) is 0 Å². The first-order chi connectivity index (χ1) is 7.75. The van der Waals surface area contributed by atoms with Crippen molar-refractivity contribution in [2.24, 2.45) is 5.73 Å². The first kappa shape index (κ1) is 12.9. The minimum atomic E-state index is 0.137. The minimum Gasteiger partial charge on any atom is -0.324 e. The zero-order valence-electron chi connectivity index (χ0n) is 10.2. The van der Waals surface area contributed by atoms with Crippen molar-refractivity contribution in [3.8, 4) is 0 Å². The van der Waals surface area contributed by atoms with Gasteiger partial charge in [0.05, 0.1) is 0 Å². The van der Waals surface area contributed by atoms with Gasteiger partial charge in [0.25, 0.3) is 0 Å². The molecule has 0 aliphatic heterocycles. The van der Waals surface area contributed by atoms with Crippen LogP contribution in [-0.4, -0.2) is 4.98 Å². The molecular formula is C14H22N2. The first-order valence-corrected chi connectivity index (χ1v) is 6.03. The summed E-state index contributed by atoms with van der Waals surface area (Å²) >= 11 is 0. The average Bonchev–Trinajstić information content (AvgIpc) is 2.29. The van der Waals surface area contributed by atoms with Crippen LogP contribution in [0, 0.1) is 6.92 Å². The van der Waals surface area contributed by atoms with Crippen LogP contribution in [0.5, 0.6) is 0 Å². The number of nitrogens with zero attached hydrogens (tertiary/aromatic N) is 1. The fourth-order valence-corrected chi connectivity index (χ4v) is 1.87. The average molecular weight is 218 g/mol. The highest BCUT2D eigenvalue weighted by Crippen LogP contribution is 2.19. The van der Waals surface area contributed by atoms with Gasteiger partial charge in [-0.25, -0.2) is 0 Å². The molecule has 1 aromatic rings. The van der Waals surface area contributed by atoms with E-state index in [-0.39, 0.29) is 6.04 Å². The Hall–Kier alpha value is -1.15. The van der Waals surface area contributed by atoms with E-state index in [1.165, 1.54) is 24.8 Å². The van der Waals surface area contributed by atoms with Crippen molar-refractivity contribution >= 4 is 0 Å². The van der Waals surface area contributed by atoms with Crippen molar-refractivity contribution in [1.29, 1.82) is 0 Å². The van der Waals surface area contributed by atoms with Gasteiger partial charge in [0.15, 0.2) is 0 Å². The Balaban J connectivity index is 2.32. The number of aryl methyl sites for hydroxylation is 1. The molecule has 1 rings (SSSR count). The van der Waals surface area contributed by atoms with E-state index in [0.29, 0.717) is 0 Å². The number of nitrogens with two attached hydrogens (primary N) is 1. The second-order valence-electron chi connectivity index (χ2n) is 4.21. The fourth-order valence-electron chi connectivity index (χ4n) is 1.87. The second kappa shape index (κ2) is 7.18. The molecule has 0 bridgehead atoms. The zero-order chi connectivity index (χ0) is 11.8. The highest BCUT2D eigenvalue weighted by molar-refractivity contribution is 5.21. The number of allylic oxidation sites excluding steroid dienone is 1. The summed E-state index contributed by atoms with van der Waals surface area (Å²) in [7, 11) is 0. The lowest BCUT2D eigenvalue weighted by atomic mass is 10.00. The molecule has 88 valence electrons. The minimum absolute atomic E-state index is 0.137. The van der Waals surface area contributed by atoms with Gasteiger partial charge in [-0.2, -0.15) is 0 Å². The molecule has 0 spiro atoms. The van der Waals surface area contributed by atoms with E-state index < -0.39 is 0 Å². The third kappa shape index (κ3) is 4.15. The number of hydrogen-bond donors (Lipinski definition) is 1. The summed E-state index contributed by atoms with van der Waals surface area (Å²) < 4.78 is 0. The van der Waals surface area contributed by atoms with Crippen LogP contribution in [0.25, 0.3) is 0 Å². The molecule has 2 N–H and O–H groups in total. The summed E-state index contributed by atoms with van der Waals surface area (Å²) in [4.78, 5) is 4.26. The predicted molar refractivity (Wildman–Crippen MR) is 69.2 cm³/mol. The van der Waals surface area contributed by atoms with Crippen LogP contribution in [0.1, 0.15) is 49.4 Å². The standard InChI is InChI=1S/C14H22N2/c1-3-4-5-6-7-10-14(15)13-9-8-11-16-12(13)2/h3,8-9,11,14H,1,4-7,10,15H2,2H3. The Morgan fingerprint density at radius 2 is 2.25 bits per heavy atom. The van der Waals surface area contributed by atoms with Crippen molar-refractivity contribution in [2.45, 2.75) is 45.1 Å². The number of aromatic nitrogens is 1. The van der Waals surface area contributed by atoms with Crippen molar-refractivity contribution in [3.05, 3.63) is 42.2 Å². The molecule has 0 aromatic carbocycles. The molecule has 1 atom stereocenters. The number of rotatable bonds is 7. The van der Waals surface area contributed by atoms with E-state index in [2.05, 4.69) is 17.6 Å². The second-order valence-corrected chi connectivity index (χ2v) is 4.21. The van der Waals surface area contributed by atoms with E-state index in [9.17, 15) is 0 Å². The fraction of sp³-hybridized carbons (Fsp3) is 0.500. The van der Waals surface area contributed by atoms with E-state index in [4.69, 9.17) is 5.73 Å². The topological polar surface area (TPSA) is 38.9 Å². The van der Waals surface area contributed by atoms with E-state index in [1.54, 1.807) is 0 Å². The molecule has 0 aliphatic rings. The van der Waals surface area contributed by atoms with Crippen molar-refractivity contribution in [1.82, 2.24) is 4.98 Å². The molecule has 0 fully saturated rings. The molecular weight excluding hydrogens is 196 g/mol. The quantitative estimate of drug-likeness (QED) is 0.561. The van der Waals surface area contributed by atoms with Crippen LogP contribution < -0.4 is 5.73 Å². The molecule has 0 radical (unpaired) electrons. The first-order valence-electron chi connectivity index (χ1n) is 6.03. The normalized spacial score (nSPS) is 12.4. The Labute approximate surface area is 98.6 Å². The Morgan fingerprint density at radius 1 is 1.44 bits per heavy atom. The third-order valence-corrected chi connectivity index (χ3v) is 2.87. The zero-order valence-corrected chi connectivity index (χ0v) is 10.2. The summed E-state index contributed by atoms with van der Waals surface area (Å²) in [6.07, 6.45) is 9.59. The smallest absolute Gasteiger partial charge is 0.0420 e. The number of hydrogen-bond acceptors (Lipinski definition) is 2.